The number of carbonyl (C=O) groups is 7. The first kappa shape index (κ1) is 117. The van der Waals surface area contributed by atoms with Gasteiger partial charge in [0.15, 0.2) is 30.4 Å². The highest BCUT2D eigenvalue weighted by Crippen LogP contribution is 2.29. The summed E-state index contributed by atoms with van der Waals surface area (Å²) in [5.41, 5.74) is 0.372. The first-order valence-corrected chi connectivity index (χ1v) is 46.1. The van der Waals surface area contributed by atoms with Crippen LogP contribution in [0.5, 0.6) is 11.5 Å². The summed E-state index contributed by atoms with van der Waals surface area (Å²) in [5.74, 6) is -3.74. The molecule has 48 heteroatoms. The number of fused-ring (bicyclic) bond motifs is 1. The van der Waals surface area contributed by atoms with Crippen LogP contribution in [0.1, 0.15) is 52.9 Å². The molecule has 0 unspecified atom stereocenters. The number of aromatic hydroxyl groups is 1. The zero-order chi connectivity index (χ0) is 100. The van der Waals surface area contributed by atoms with E-state index in [1.807, 2.05) is 6.07 Å². The molecule has 5 heterocycles. The van der Waals surface area contributed by atoms with Gasteiger partial charge in [0.05, 0.1) is 248 Å². The number of phenolic OH excluding ortho intramolecular Hbond substituents is 1. The van der Waals surface area contributed by atoms with Gasteiger partial charge in [-0.05, 0) is 42.8 Å². The smallest absolute Gasteiger partial charge is 0.222 e. The maximum absolute atomic E-state index is 14.2. The molecular formula is C91H140FN11O36. The fraction of sp³-hybridized carbons (Fsp3) is 0.670. The number of nitrogens with zero attached hydrogens (tertiary/aromatic N) is 4. The molecule has 0 bridgehead atoms. The van der Waals surface area contributed by atoms with E-state index >= 15 is 0 Å². The molecule has 0 aliphatic carbocycles. The van der Waals surface area contributed by atoms with Crippen molar-refractivity contribution in [2.45, 2.75) is 150 Å². The summed E-state index contributed by atoms with van der Waals surface area (Å²) in [6, 6.07) is 9.63. The number of pyridine rings is 1. The number of benzene rings is 2. The Morgan fingerprint density at radius 2 is 0.791 bits per heavy atom. The van der Waals surface area contributed by atoms with Gasteiger partial charge in [0.25, 0.3) is 0 Å². The van der Waals surface area contributed by atoms with Crippen LogP contribution in [0.3, 0.4) is 0 Å². The monoisotopic (exact) mass is 1980 g/mol. The average molecular weight is 1980 g/mol. The van der Waals surface area contributed by atoms with Crippen molar-refractivity contribution in [1.82, 2.24) is 57.2 Å². The van der Waals surface area contributed by atoms with Crippen molar-refractivity contribution in [3.05, 3.63) is 98.5 Å². The van der Waals surface area contributed by atoms with Gasteiger partial charge in [0, 0.05) is 77.5 Å². The summed E-state index contributed by atoms with van der Waals surface area (Å²) >= 11 is 0. The fourth-order valence-electron chi connectivity index (χ4n) is 13.7. The summed E-state index contributed by atoms with van der Waals surface area (Å²) in [5, 5.41) is 102. The first-order valence-electron chi connectivity index (χ1n) is 46.1. The molecule has 3 fully saturated rings. The molecule has 0 saturated carbocycles. The summed E-state index contributed by atoms with van der Waals surface area (Å²) in [4.78, 5) is 93.7. The Labute approximate surface area is 805 Å². The van der Waals surface area contributed by atoms with Crippen molar-refractivity contribution in [3.63, 3.8) is 0 Å². The Morgan fingerprint density at radius 3 is 1.15 bits per heavy atom. The van der Waals surface area contributed by atoms with Crippen molar-refractivity contribution in [1.29, 1.82) is 0 Å². The van der Waals surface area contributed by atoms with E-state index in [4.69, 9.17) is 109 Å². The number of hydrogen-bond donors (Lipinski definition) is 14. The molecule has 47 nitrogen and oxygen atoms in total. The lowest BCUT2D eigenvalue weighted by atomic mass is 9.97. The van der Waals surface area contributed by atoms with Crippen LogP contribution in [0.4, 0.5) is 4.39 Å². The number of aromatic nitrogens is 4. The summed E-state index contributed by atoms with van der Waals surface area (Å²) in [6.45, 7) is 18.0. The van der Waals surface area contributed by atoms with Crippen LogP contribution in [0.25, 0.3) is 28.0 Å². The maximum Gasteiger partial charge on any atom is 0.222 e. The predicted octanol–water partition coefficient (Wildman–Crippen LogP) is -2.43. The second-order valence-electron chi connectivity index (χ2n) is 31.8. The third kappa shape index (κ3) is 45.4. The van der Waals surface area contributed by atoms with E-state index in [9.17, 15) is 73.7 Å². The molecule has 4 aromatic rings. The van der Waals surface area contributed by atoms with Crippen LogP contribution in [-0.4, -0.2) is 439 Å². The number of phenols is 1. The Morgan fingerprint density at radius 1 is 0.424 bits per heavy atom. The number of aliphatic hydroxyl groups is 6. The molecule has 14 N–H and O–H groups in total. The molecule has 2 aromatic carbocycles. The van der Waals surface area contributed by atoms with E-state index in [1.54, 1.807) is 30.5 Å². The topological polar surface area (TPSA) is 592 Å². The molecule has 3 aliphatic rings. The molecule has 0 spiro atoms. The third-order valence-corrected chi connectivity index (χ3v) is 20.6. The molecule has 139 heavy (non-hydrogen) atoms. The standard InChI is InChI=1S/C91H140FN11O36/c1-7-24-134-88-79(96-61(4)104)85(115)82(112)72(137-88)55-127-49-46-124-43-40-121-37-34-118-31-21-93-75(108)18-28-130-58-91(100-78(111)11-10-27-133-66-14-16-68-64(52-66)12-15-69(99-68)70-54-103(102-101-70)65-13-17-71(107)67(92)53-65,59-131-29-19-76(109)94-22-32-119-35-38-122-41-44-125-47-50-128-56-73-83(113)86(116)80(97-62(5)105)89(138-73)135-25-8-2)60-132-30-20-77(110)95-23-33-120-36-39-123-42-45-126-48-51-129-57-74-84(114)87(117)81(98-63(6)106)90(139-74)136-26-9-3/h7-9,12-17,52-54,72-74,79-90,107,112-117H,1-3,10-11,18-51,55-60H2,4-6H3,(H,93,108)(H,94,109)(H,95,110)(H,96,104)(H,97,105)(H,98,106)(H,100,111)/t72-,73-,74-,79-,80-,81-,82+,83+,84+,85-,86-,87-,88+,89+,90+/m1/s1. The van der Waals surface area contributed by atoms with E-state index in [0.717, 1.165) is 11.5 Å². The summed E-state index contributed by atoms with van der Waals surface area (Å²) in [6.07, 6.45) is -8.45. The lowest BCUT2D eigenvalue weighted by molar-refractivity contribution is -0.270. The van der Waals surface area contributed by atoms with E-state index in [2.05, 4.69) is 67.3 Å². The van der Waals surface area contributed by atoms with Gasteiger partial charge < -0.3 is 177 Å². The molecule has 3 saturated heterocycles. The Balaban J connectivity index is 0.855. The summed E-state index contributed by atoms with van der Waals surface area (Å²) < 4.78 is 142. The quantitative estimate of drug-likeness (QED) is 0.0161. The lowest BCUT2D eigenvalue weighted by Crippen LogP contribution is -2.64. The maximum atomic E-state index is 14.2. The number of aliphatic hydroxyl groups excluding tert-OH is 6. The minimum absolute atomic E-state index is 0.0695. The predicted molar refractivity (Wildman–Crippen MR) is 488 cm³/mol. The van der Waals surface area contributed by atoms with Crippen molar-refractivity contribution in [3.8, 4) is 28.6 Å². The van der Waals surface area contributed by atoms with Gasteiger partial charge in [0.2, 0.25) is 41.4 Å². The van der Waals surface area contributed by atoms with E-state index in [0.29, 0.717) is 28.3 Å². The lowest BCUT2D eigenvalue weighted by Gasteiger charge is -2.42. The number of halogens is 1. The third-order valence-electron chi connectivity index (χ3n) is 20.6. The van der Waals surface area contributed by atoms with Crippen molar-refractivity contribution in [2.75, 3.05) is 244 Å². The number of hydrogen-bond acceptors (Lipinski definition) is 39. The van der Waals surface area contributed by atoms with Gasteiger partial charge in [-0.2, -0.15) is 0 Å². The zero-order valence-electron chi connectivity index (χ0n) is 79.0. The van der Waals surface area contributed by atoms with Crippen LogP contribution >= 0.6 is 0 Å². The average Bonchev–Trinajstić information content (AvgIpc) is 1.78. The highest BCUT2D eigenvalue weighted by Gasteiger charge is 2.49. The minimum Gasteiger partial charge on any atom is -0.505 e. The van der Waals surface area contributed by atoms with Gasteiger partial charge in [0.1, 0.15) is 90.0 Å². The molecule has 782 valence electrons. The van der Waals surface area contributed by atoms with Crippen LogP contribution < -0.4 is 42.0 Å². The Bertz CT molecular complexity index is 3960. The zero-order valence-corrected chi connectivity index (χ0v) is 79.0. The summed E-state index contributed by atoms with van der Waals surface area (Å²) in [7, 11) is 0. The number of carbonyl (C=O) groups excluding carboxylic acids is 7. The minimum atomic E-state index is -1.48. The molecule has 7 amide bonds. The van der Waals surface area contributed by atoms with Crippen LogP contribution in [0.15, 0.2) is 92.7 Å². The number of nitrogens with one attached hydrogen (secondary N) is 7. The van der Waals surface area contributed by atoms with Gasteiger partial charge in [-0.1, -0.05) is 29.5 Å². The van der Waals surface area contributed by atoms with Gasteiger partial charge in [-0.25, -0.2) is 14.1 Å². The number of rotatable bonds is 77. The molecule has 0 radical (unpaired) electrons. The second-order valence-corrected chi connectivity index (χ2v) is 31.8. The van der Waals surface area contributed by atoms with E-state index < -0.39 is 133 Å². The highest BCUT2D eigenvalue weighted by molar-refractivity contribution is 5.83. The molecule has 2 aromatic heterocycles. The van der Waals surface area contributed by atoms with Crippen LogP contribution in [-0.2, 0) is 133 Å². The van der Waals surface area contributed by atoms with Gasteiger partial charge >= 0.3 is 0 Å². The van der Waals surface area contributed by atoms with Crippen molar-refractivity contribution >= 4 is 52.3 Å². The number of ether oxygens (including phenoxy) is 22. The largest absolute Gasteiger partial charge is 0.505 e. The van der Waals surface area contributed by atoms with E-state index in [1.165, 1.54) is 55.8 Å². The van der Waals surface area contributed by atoms with Crippen molar-refractivity contribution in [2.24, 2.45) is 0 Å². The fourth-order valence-corrected chi connectivity index (χ4v) is 13.7. The van der Waals surface area contributed by atoms with Gasteiger partial charge in [-0.3, -0.25) is 33.6 Å². The van der Waals surface area contributed by atoms with Crippen molar-refractivity contribution < 1.29 is 178 Å². The van der Waals surface area contributed by atoms with Crippen LogP contribution in [0, 0.1) is 5.82 Å². The Hall–Kier alpha value is -9.05. The molecule has 7 rings (SSSR count). The van der Waals surface area contributed by atoms with Gasteiger partial charge in [-0.15, -0.1) is 24.8 Å². The number of amides is 7. The SMILES string of the molecule is C=CCO[C@H]1O[C@H](COCCOCCOCCOCCNC(=O)CCOCC(COCCC(=O)NCCOCCOCCOCCOC[C@H]2O[C@H](OCC=C)[C@H](NC(C)=O)[C@@H](O)[C@H]2O)(COCCC(=O)NCCOCCOCCOCCOC[C@H]2O[C@H](OCC=C)[C@H](NC(C)=O)[C@@H](O)[C@H]2O)NC(=O)CCCOc2ccc3nc(-c4cn(-c5ccc(O)c(F)c5)nn4)ccc3c2)[C@H](O)[C@H](O)[C@H]1NC(C)=O. The second kappa shape index (κ2) is 68.2. The molecule has 15 atom stereocenters. The first-order chi connectivity index (χ1) is 67.3. The normalized spacial score (nSPS) is 21.5. The van der Waals surface area contributed by atoms with Crippen LogP contribution in [0.2, 0.25) is 0 Å². The molecule has 3 aliphatic heterocycles. The highest BCUT2D eigenvalue weighted by atomic mass is 19.1. The Kier molecular flexibility index (Phi) is 57.4. The molecular weight excluding hydrogens is 1840 g/mol. The van der Waals surface area contributed by atoms with E-state index in [-0.39, 0.29) is 294 Å².